The van der Waals surface area contributed by atoms with Crippen molar-refractivity contribution in [2.75, 3.05) is 0 Å². The normalized spacial score (nSPS) is 10.6. The van der Waals surface area contributed by atoms with Gasteiger partial charge in [-0.05, 0) is 30.6 Å². The van der Waals surface area contributed by atoms with Crippen LogP contribution in [0.2, 0.25) is 0 Å². The Morgan fingerprint density at radius 1 is 1.24 bits per heavy atom. The summed E-state index contributed by atoms with van der Waals surface area (Å²) in [6, 6.07) is 10.5. The van der Waals surface area contributed by atoms with Crippen LogP contribution in [-0.4, -0.2) is 14.8 Å². The first kappa shape index (κ1) is 12.0. The van der Waals surface area contributed by atoms with Crippen molar-refractivity contribution in [2.24, 2.45) is 0 Å². The number of hydrogen-bond donors (Lipinski definition) is 1. The van der Waals surface area contributed by atoms with Crippen LogP contribution in [0.3, 0.4) is 0 Å². The van der Waals surface area contributed by atoms with E-state index in [0.29, 0.717) is 0 Å². The zero-order valence-corrected chi connectivity index (χ0v) is 10.8. The van der Waals surface area contributed by atoms with Gasteiger partial charge in [0, 0.05) is 13.0 Å². The lowest BCUT2D eigenvalue weighted by molar-refractivity contribution is 0.636. The van der Waals surface area contributed by atoms with E-state index in [2.05, 4.69) is 46.0 Å². The molecule has 17 heavy (non-hydrogen) atoms. The lowest BCUT2D eigenvalue weighted by Gasteiger charge is -2.06. The van der Waals surface area contributed by atoms with E-state index < -0.39 is 0 Å². The van der Waals surface area contributed by atoms with Gasteiger partial charge in [0.15, 0.2) is 4.77 Å². The van der Waals surface area contributed by atoms with Crippen LogP contribution in [0.5, 0.6) is 0 Å². The second kappa shape index (κ2) is 5.77. The number of rotatable bonds is 5. The van der Waals surface area contributed by atoms with E-state index >= 15 is 0 Å². The second-order valence-electron chi connectivity index (χ2n) is 4.08. The summed E-state index contributed by atoms with van der Waals surface area (Å²) in [4.78, 5) is 0. The van der Waals surface area contributed by atoms with E-state index in [0.717, 1.165) is 36.4 Å². The molecule has 1 heterocycles. The van der Waals surface area contributed by atoms with Crippen LogP contribution in [0.15, 0.2) is 30.3 Å². The lowest BCUT2D eigenvalue weighted by Crippen LogP contribution is -2.06. The SMILES string of the molecule is CCCc1n[nH]c(=S)n1CCc1ccccc1. The van der Waals surface area contributed by atoms with Crippen LogP contribution in [0.4, 0.5) is 0 Å². The molecule has 0 fully saturated rings. The van der Waals surface area contributed by atoms with Gasteiger partial charge in [0.25, 0.3) is 0 Å². The van der Waals surface area contributed by atoms with Crippen LogP contribution in [0.1, 0.15) is 24.7 Å². The van der Waals surface area contributed by atoms with Crippen molar-refractivity contribution in [3.05, 3.63) is 46.5 Å². The topological polar surface area (TPSA) is 33.6 Å². The van der Waals surface area contributed by atoms with E-state index in [-0.39, 0.29) is 0 Å². The number of aryl methyl sites for hydroxylation is 2. The maximum atomic E-state index is 5.25. The molecule has 0 atom stereocenters. The van der Waals surface area contributed by atoms with Gasteiger partial charge in [-0.2, -0.15) is 5.10 Å². The third-order valence-corrected chi connectivity index (χ3v) is 3.09. The quantitative estimate of drug-likeness (QED) is 0.824. The van der Waals surface area contributed by atoms with Gasteiger partial charge in [-0.3, -0.25) is 5.10 Å². The Morgan fingerprint density at radius 2 is 2.00 bits per heavy atom. The fraction of sp³-hybridized carbons (Fsp3) is 0.385. The molecule has 3 nitrogen and oxygen atoms in total. The molecule has 2 aromatic rings. The average Bonchev–Trinajstić information content (AvgIpc) is 2.70. The third-order valence-electron chi connectivity index (χ3n) is 2.78. The van der Waals surface area contributed by atoms with E-state index in [4.69, 9.17) is 12.2 Å². The minimum Gasteiger partial charge on any atom is -0.304 e. The van der Waals surface area contributed by atoms with Crippen molar-refractivity contribution in [3.63, 3.8) is 0 Å². The number of hydrogen-bond acceptors (Lipinski definition) is 2. The number of nitrogens with zero attached hydrogens (tertiary/aromatic N) is 2. The summed E-state index contributed by atoms with van der Waals surface area (Å²) < 4.78 is 2.83. The first-order chi connectivity index (χ1) is 8.31. The summed E-state index contributed by atoms with van der Waals surface area (Å²) in [5.41, 5.74) is 1.33. The molecule has 0 spiro atoms. The van der Waals surface area contributed by atoms with Crippen molar-refractivity contribution >= 4 is 12.2 Å². The molecule has 90 valence electrons. The summed E-state index contributed by atoms with van der Waals surface area (Å²) >= 11 is 5.25. The molecule has 1 aromatic carbocycles. The number of nitrogens with one attached hydrogen (secondary N) is 1. The smallest absolute Gasteiger partial charge is 0.195 e. The molecule has 0 amide bonds. The van der Waals surface area contributed by atoms with Crippen LogP contribution < -0.4 is 0 Å². The van der Waals surface area contributed by atoms with Gasteiger partial charge in [-0.25, -0.2) is 0 Å². The van der Waals surface area contributed by atoms with E-state index in [1.807, 2.05) is 6.07 Å². The Hall–Kier alpha value is -1.42. The van der Waals surface area contributed by atoms with Crippen molar-refractivity contribution in [1.29, 1.82) is 0 Å². The van der Waals surface area contributed by atoms with E-state index in [9.17, 15) is 0 Å². The van der Waals surface area contributed by atoms with Crippen LogP contribution in [0, 0.1) is 4.77 Å². The Balaban J connectivity index is 2.08. The van der Waals surface area contributed by atoms with E-state index in [1.54, 1.807) is 0 Å². The molecular weight excluding hydrogens is 230 g/mol. The Morgan fingerprint density at radius 3 is 2.71 bits per heavy atom. The first-order valence-corrected chi connectivity index (χ1v) is 6.40. The van der Waals surface area contributed by atoms with Crippen molar-refractivity contribution in [2.45, 2.75) is 32.7 Å². The Kier molecular flexibility index (Phi) is 4.09. The highest BCUT2D eigenvalue weighted by atomic mass is 32.1. The molecular formula is C13H17N3S. The summed E-state index contributed by atoms with van der Waals surface area (Å²) in [6.07, 6.45) is 3.05. The highest BCUT2D eigenvalue weighted by Crippen LogP contribution is 2.06. The predicted molar refractivity (Wildman–Crippen MR) is 71.6 cm³/mol. The van der Waals surface area contributed by atoms with Crippen LogP contribution in [-0.2, 0) is 19.4 Å². The largest absolute Gasteiger partial charge is 0.304 e. The molecule has 0 aliphatic carbocycles. The highest BCUT2D eigenvalue weighted by Gasteiger charge is 2.04. The predicted octanol–water partition coefficient (Wildman–Crippen LogP) is 3.14. The summed E-state index contributed by atoms with van der Waals surface area (Å²) in [5.74, 6) is 1.06. The Labute approximate surface area is 106 Å². The summed E-state index contributed by atoms with van der Waals surface area (Å²) in [6.45, 7) is 3.05. The molecule has 0 radical (unpaired) electrons. The van der Waals surface area contributed by atoms with Gasteiger partial charge >= 0.3 is 0 Å². The lowest BCUT2D eigenvalue weighted by atomic mass is 10.1. The zero-order chi connectivity index (χ0) is 12.1. The molecule has 0 saturated heterocycles. The molecule has 1 aromatic heterocycles. The van der Waals surface area contributed by atoms with Gasteiger partial charge in [-0.15, -0.1) is 0 Å². The standard InChI is InChI=1S/C13H17N3S/c1-2-6-12-14-15-13(17)16(12)10-9-11-7-4-3-5-8-11/h3-5,7-8H,2,6,9-10H2,1H3,(H,15,17). The van der Waals surface area contributed by atoms with E-state index in [1.165, 1.54) is 5.56 Å². The molecule has 0 saturated carbocycles. The van der Waals surface area contributed by atoms with Crippen molar-refractivity contribution in [1.82, 2.24) is 14.8 Å². The number of H-pyrrole nitrogens is 1. The first-order valence-electron chi connectivity index (χ1n) is 5.99. The highest BCUT2D eigenvalue weighted by molar-refractivity contribution is 7.71. The van der Waals surface area contributed by atoms with Gasteiger partial charge in [0.1, 0.15) is 5.82 Å². The molecule has 4 heteroatoms. The fourth-order valence-electron chi connectivity index (χ4n) is 1.88. The van der Waals surface area contributed by atoms with Crippen LogP contribution >= 0.6 is 12.2 Å². The van der Waals surface area contributed by atoms with Gasteiger partial charge in [0.2, 0.25) is 0 Å². The molecule has 2 rings (SSSR count). The van der Waals surface area contributed by atoms with Crippen molar-refractivity contribution in [3.8, 4) is 0 Å². The maximum Gasteiger partial charge on any atom is 0.195 e. The number of aromatic amines is 1. The molecule has 1 N–H and O–H groups in total. The van der Waals surface area contributed by atoms with Crippen molar-refractivity contribution < 1.29 is 0 Å². The van der Waals surface area contributed by atoms with Gasteiger partial charge in [-0.1, -0.05) is 37.3 Å². The summed E-state index contributed by atoms with van der Waals surface area (Å²) in [5, 5.41) is 7.14. The van der Waals surface area contributed by atoms with Gasteiger partial charge in [0.05, 0.1) is 0 Å². The maximum absolute atomic E-state index is 5.25. The second-order valence-corrected chi connectivity index (χ2v) is 4.47. The molecule has 0 aliphatic rings. The molecule has 0 aliphatic heterocycles. The molecule has 0 bridgehead atoms. The Bertz CT molecular complexity index is 513. The number of aromatic nitrogens is 3. The minimum atomic E-state index is 0.726. The zero-order valence-electron chi connectivity index (χ0n) is 10.0. The molecule has 0 unspecified atom stereocenters. The number of benzene rings is 1. The fourth-order valence-corrected chi connectivity index (χ4v) is 2.12. The van der Waals surface area contributed by atoms with Gasteiger partial charge < -0.3 is 4.57 Å². The summed E-state index contributed by atoms with van der Waals surface area (Å²) in [7, 11) is 0. The minimum absolute atomic E-state index is 0.726. The third kappa shape index (κ3) is 3.03. The van der Waals surface area contributed by atoms with Crippen LogP contribution in [0.25, 0.3) is 0 Å². The monoisotopic (exact) mass is 247 g/mol. The average molecular weight is 247 g/mol.